The van der Waals surface area contributed by atoms with Gasteiger partial charge in [-0.1, -0.05) is 12.1 Å². The molecule has 1 N–H and O–H groups in total. The van der Waals surface area contributed by atoms with Crippen LogP contribution in [-0.4, -0.2) is 24.5 Å². The van der Waals surface area contributed by atoms with Crippen molar-refractivity contribution in [1.82, 2.24) is 0 Å². The summed E-state index contributed by atoms with van der Waals surface area (Å²) in [7, 11) is 1.33. The van der Waals surface area contributed by atoms with Gasteiger partial charge in [-0.2, -0.15) is 0 Å². The lowest BCUT2D eigenvalue weighted by Crippen LogP contribution is -2.02. The molecule has 2 aromatic rings. The number of carbonyl (C=O) groups excluding carboxylic acids is 2. The molecule has 5 heteroatoms. The summed E-state index contributed by atoms with van der Waals surface area (Å²) in [6, 6.07) is 11.3. The molecular weight excluding hydrogens is 272 g/mol. The number of aromatic hydroxyl groups is 1. The van der Waals surface area contributed by atoms with Crippen molar-refractivity contribution in [3.63, 3.8) is 0 Å². The molecule has 0 aliphatic rings. The van der Waals surface area contributed by atoms with Crippen molar-refractivity contribution >= 4 is 12.3 Å². The monoisotopic (exact) mass is 286 g/mol. The van der Waals surface area contributed by atoms with Crippen LogP contribution in [0.25, 0.3) is 0 Å². The number of benzene rings is 2. The van der Waals surface area contributed by atoms with E-state index in [-0.39, 0.29) is 17.9 Å². The Kier molecular flexibility index (Phi) is 4.56. The molecule has 2 aromatic carbocycles. The van der Waals surface area contributed by atoms with E-state index in [9.17, 15) is 14.7 Å². The van der Waals surface area contributed by atoms with E-state index in [0.29, 0.717) is 17.6 Å². The molecule has 0 spiro atoms. The molecule has 0 saturated carbocycles. The van der Waals surface area contributed by atoms with Crippen LogP contribution in [0.2, 0.25) is 0 Å². The minimum Gasteiger partial charge on any atom is -0.507 e. The van der Waals surface area contributed by atoms with Gasteiger partial charge in [0.2, 0.25) is 0 Å². The molecule has 0 aliphatic heterocycles. The zero-order valence-electron chi connectivity index (χ0n) is 11.4. The van der Waals surface area contributed by atoms with Crippen molar-refractivity contribution in [2.75, 3.05) is 7.11 Å². The molecule has 21 heavy (non-hydrogen) atoms. The predicted molar refractivity (Wildman–Crippen MR) is 75.6 cm³/mol. The summed E-state index contributed by atoms with van der Waals surface area (Å²) in [6.07, 6.45) is 0.563. The summed E-state index contributed by atoms with van der Waals surface area (Å²) < 4.78 is 10.1. The smallest absolute Gasteiger partial charge is 0.337 e. The fourth-order valence-corrected chi connectivity index (χ4v) is 1.74. The summed E-state index contributed by atoms with van der Waals surface area (Å²) in [5, 5.41) is 9.40. The SMILES string of the molecule is COC(=O)c1ccc(COc2ccc(O)c(C=O)c2)cc1. The van der Waals surface area contributed by atoms with Gasteiger partial charge in [-0.05, 0) is 35.9 Å². The van der Waals surface area contributed by atoms with E-state index in [4.69, 9.17) is 4.74 Å². The summed E-state index contributed by atoms with van der Waals surface area (Å²) >= 11 is 0. The first-order chi connectivity index (χ1) is 10.1. The van der Waals surface area contributed by atoms with E-state index in [2.05, 4.69) is 4.74 Å². The minimum absolute atomic E-state index is 0.0835. The number of ether oxygens (including phenoxy) is 2. The van der Waals surface area contributed by atoms with Gasteiger partial charge in [-0.25, -0.2) is 4.79 Å². The van der Waals surface area contributed by atoms with Crippen molar-refractivity contribution in [2.24, 2.45) is 0 Å². The van der Waals surface area contributed by atoms with Gasteiger partial charge in [0.15, 0.2) is 6.29 Å². The molecule has 0 heterocycles. The molecule has 0 fully saturated rings. The number of aldehydes is 1. The number of hydrogen-bond acceptors (Lipinski definition) is 5. The number of hydrogen-bond donors (Lipinski definition) is 1. The van der Waals surface area contributed by atoms with E-state index in [1.54, 1.807) is 30.3 Å². The van der Waals surface area contributed by atoms with Crippen LogP contribution in [-0.2, 0) is 11.3 Å². The van der Waals surface area contributed by atoms with Gasteiger partial charge in [-0.3, -0.25) is 4.79 Å². The number of rotatable bonds is 5. The predicted octanol–water partition coefficient (Wildman–Crippen LogP) is 2.57. The van der Waals surface area contributed by atoms with Gasteiger partial charge in [-0.15, -0.1) is 0 Å². The van der Waals surface area contributed by atoms with Crippen LogP contribution in [0.4, 0.5) is 0 Å². The second-order valence-electron chi connectivity index (χ2n) is 4.32. The van der Waals surface area contributed by atoms with Crippen LogP contribution in [0.15, 0.2) is 42.5 Å². The molecule has 0 amide bonds. The molecule has 0 saturated heterocycles. The highest BCUT2D eigenvalue weighted by molar-refractivity contribution is 5.89. The van der Waals surface area contributed by atoms with Crippen molar-refractivity contribution in [1.29, 1.82) is 0 Å². The van der Waals surface area contributed by atoms with Crippen molar-refractivity contribution in [3.05, 3.63) is 59.2 Å². The molecule has 0 aliphatic carbocycles. The minimum atomic E-state index is -0.392. The molecule has 0 radical (unpaired) electrons. The quantitative estimate of drug-likeness (QED) is 0.675. The third-order valence-electron chi connectivity index (χ3n) is 2.91. The van der Waals surface area contributed by atoms with Crippen LogP contribution in [0.3, 0.4) is 0 Å². The summed E-state index contributed by atoms with van der Waals surface area (Å²) in [5.74, 6) is 0.00310. The van der Waals surface area contributed by atoms with E-state index in [0.717, 1.165) is 5.56 Å². The maximum atomic E-state index is 11.3. The first-order valence-corrected chi connectivity index (χ1v) is 6.22. The first kappa shape index (κ1) is 14.6. The van der Waals surface area contributed by atoms with E-state index < -0.39 is 5.97 Å². The van der Waals surface area contributed by atoms with Crippen molar-refractivity contribution in [3.8, 4) is 11.5 Å². The Bertz CT molecular complexity index is 646. The van der Waals surface area contributed by atoms with Crippen LogP contribution in [0, 0.1) is 0 Å². The number of esters is 1. The fraction of sp³-hybridized carbons (Fsp3) is 0.125. The Balaban J connectivity index is 2.03. The van der Waals surface area contributed by atoms with Gasteiger partial charge in [0.1, 0.15) is 18.1 Å². The van der Waals surface area contributed by atoms with E-state index in [1.807, 2.05) is 0 Å². The lowest BCUT2D eigenvalue weighted by atomic mass is 10.1. The molecule has 0 unspecified atom stereocenters. The third kappa shape index (κ3) is 3.60. The Morgan fingerprint density at radius 3 is 2.52 bits per heavy atom. The van der Waals surface area contributed by atoms with Crippen LogP contribution in [0.1, 0.15) is 26.3 Å². The van der Waals surface area contributed by atoms with Crippen LogP contribution >= 0.6 is 0 Å². The normalized spacial score (nSPS) is 9.95. The summed E-state index contributed by atoms with van der Waals surface area (Å²) in [4.78, 5) is 22.0. The van der Waals surface area contributed by atoms with Gasteiger partial charge >= 0.3 is 5.97 Å². The van der Waals surface area contributed by atoms with E-state index in [1.165, 1.54) is 19.2 Å². The Morgan fingerprint density at radius 1 is 1.19 bits per heavy atom. The Hall–Kier alpha value is -2.82. The second-order valence-corrected chi connectivity index (χ2v) is 4.32. The van der Waals surface area contributed by atoms with Crippen LogP contribution < -0.4 is 4.74 Å². The molecule has 0 aromatic heterocycles. The highest BCUT2D eigenvalue weighted by Gasteiger charge is 2.05. The average Bonchev–Trinajstić information content (AvgIpc) is 2.53. The summed E-state index contributed by atoms with van der Waals surface area (Å²) in [6.45, 7) is 0.282. The van der Waals surface area contributed by atoms with Gasteiger partial charge < -0.3 is 14.6 Å². The maximum Gasteiger partial charge on any atom is 0.337 e. The average molecular weight is 286 g/mol. The molecular formula is C16H14O5. The number of phenols is 1. The van der Waals surface area contributed by atoms with Gasteiger partial charge in [0.25, 0.3) is 0 Å². The lowest BCUT2D eigenvalue weighted by Gasteiger charge is -2.08. The molecule has 5 nitrogen and oxygen atoms in total. The number of phenolic OH excluding ortho intramolecular Hbond substituents is 1. The highest BCUT2D eigenvalue weighted by atomic mass is 16.5. The van der Waals surface area contributed by atoms with E-state index >= 15 is 0 Å². The molecule has 0 atom stereocenters. The molecule has 0 bridgehead atoms. The highest BCUT2D eigenvalue weighted by Crippen LogP contribution is 2.22. The van der Waals surface area contributed by atoms with Crippen LogP contribution in [0.5, 0.6) is 11.5 Å². The second kappa shape index (κ2) is 6.56. The fourth-order valence-electron chi connectivity index (χ4n) is 1.74. The zero-order chi connectivity index (χ0) is 15.2. The Labute approximate surface area is 121 Å². The number of carbonyl (C=O) groups is 2. The topological polar surface area (TPSA) is 72.8 Å². The molecule has 108 valence electrons. The van der Waals surface area contributed by atoms with Crippen molar-refractivity contribution < 1.29 is 24.2 Å². The lowest BCUT2D eigenvalue weighted by molar-refractivity contribution is 0.0600. The zero-order valence-corrected chi connectivity index (χ0v) is 11.4. The van der Waals surface area contributed by atoms with Crippen molar-refractivity contribution in [2.45, 2.75) is 6.61 Å². The first-order valence-electron chi connectivity index (χ1n) is 6.22. The van der Waals surface area contributed by atoms with Gasteiger partial charge in [0, 0.05) is 0 Å². The Morgan fingerprint density at radius 2 is 1.90 bits per heavy atom. The third-order valence-corrected chi connectivity index (χ3v) is 2.91. The standard InChI is InChI=1S/C16H14O5/c1-20-16(19)12-4-2-11(3-5-12)10-21-14-6-7-15(18)13(8-14)9-17/h2-9,18H,10H2,1H3. The molecule has 2 rings (SSSR count). The largest absolute Gasteiger partial charge is 0.507 e. The number of methoxy groups -OCH3 is 1. The summed E-state index contributed by atoms with van der Waals surface area (Å²) in [5.41, 5.74) is 1.51. The maximum absolute atomic E-state index is 11.3. The van der Waals surface area contributed by atoms with Gasteiger partial charge in [0.05, 0.1) is 18.2 Å².